The molecule has 8 nitrogen and oxygen atoms in total. The second-order valence-corrected chi connectivity index (χ2v) is 9.77. The van der Waals surface area contributed by atoms with Crippen molar-refractivity contribution < 1.29 is 22.1 Å². The molecular weight excluding hydrogens is 459 g/mol. The number of sulfonamides is 1. The van der Waals surface area contributed by atoms with Gasteiger partial charge >= 0.3 is 0 Å². The van der Waals surface area contributed by atoms with Crippen molar-refractivity contribution in [2.24, 2.45) is 5.92 Å². The maximum Gasteiger partial charge on any atom is 0.246 e. The lowest BCUT2D eigenvalue weighted by molar-refractivity contribution is -0.126. The molecule has 1 N–H and O–H groups in total. The maximum atomic E-state index is 13.1. The normalized spacial score (nSPS) is 17.2. The molecule has 0 bridgehead atoms. The van der Waals surface area contributed by atoms with Gasteiger partial charge in [0.15, 0.2) is 0 Å². The highest BCUT2D eigenvalue weighted by Gasteiger charge is 2.33. The number of halogens is 2. The van der Waals surface area contributed by atoms with Crippen molar-refractivity contribution in [3.05, 3.63) is 65.3 Å². The summed E-state index contributed by atoms with van der Waals surface area (Å²) < 4.78 is 45.3. The smallest absolute Gasteiger partial charge is 0.246 e. The first-order valence-corrected chi connectivity index (χ1v) is 11.8. The Labute approximate surface area is 189 Å². The average molecular weight is 479 g/mol. The van der Waals surface area contributed by atoms with Crippen molar-refractivity contribution in [2.75, 3.05) is 13.1 Å². The third-order valence-corrected chi connectivity index (χ3v) is 7.29. The Balaban J connectivity index is 1.37. The van der Waals surface area contributed by atoms with E-state index in [4.69, 9.17) is 16.1 Å². The van der Waals surface area contributed by atoms with Crippen molar-refractivity contribution in [1.29, 1.82) is 0 Å². The number of amides is 1. The molecule has 2 aromatic carbocycles. The SMILES string of the molecule is O=C(NCc1nc(-c2cccc(Cl)c2)no1)[C@@H]1CCCN(S(=O)(=O)c2ccc(F)cc2)C1. The van der Waals surface area contributed by atoms with Crippen LogP contribution in [0.2, 0.25) is 5.02 Å². The molecule has 4 rings (SSSR count). The van der Waals surface area contributed by atoms with Crippen molar-refractivity contribution >= 4 is 27.5 Å². The number of hydrogen-bond donors (Lipinski definition) is 1. The van der Waals surface area contributed by atoms with Crippen LogP contribution in [-0.2, 0) is 21.4 Å². The number of carbonyl (C=O) groups is 1. The highest BCUT2D eigenvalue weighted by atomic mass is 35.5. The summed E-state index contributed by atoms with van der Waals surface area (Å²) in [5.41, 5.74) is 0.688. The van der Waals surface area contributed by atoms with Crippen molar-refractivity contribution in [2.45, 2.75) is 24.3 Å². The number of piperidine rings is 1. The molecule has 0 unspecified atom stereocenters. The van der Waals surface area contributed by atoms with Gasteiger partial charge in [-0.05, 0) is 49.2 Å². The van der Waals surface area contributed by atoms with Gasteiger partial charge in [0, 0.05) is 23.7 Å². The van der Waals surface area contributed by atoms with Crippen LogP contribution in [0, 0.1) is 11.7 Å². The Bertz CT molecular complexity index is 1220. The molecule has 168 valence electrons. The Morgan fingerprint density at radius 1 is 1.25 bits per heavy atom. The summed E-state index contributed by atoms with van der Waals surface area (Å²) in [6.45, 7) is 0.368. The summed E-state index contributed by atoms with van der Waals surface area (Å²) in [5.74, 6) is -0.758. The second-order valence-electron chi connectivity index (χ2n) is 7.40. The monoisotopic (exact) mass is 478 g/mol. The molecule has 1 saturated heterocycles. The summed E-state index contributed by atoms with van der Waals surface area (Å²) >= 11 is 5.97. The maximum absolute atomic E-state index is 13.1. The molecule has 1 aliphatic heterocycles. The fourth-order valence-electron chi connectivity index (χ4n) is 3.51. The molecule has 1 fully saturated rings. The quantitative estimate of drug-likeness (QED) is 0.583. The Hall–Kier alpha value is -2.82. The minimum Gasteiger partial charge on any atom is -0.347 e. The summed E-state index contributed by atoms with van der Waals surface area (Å²) in [6, 6.07) is 11.6. The number of hydrogen-bond acceptors (Lipinski definition) is 6. The van der Waals surface area contributed by atoms with Crippen LogP contribution in [0.5, 0.6) is 0 Å². The van der Waals surface area contributed by atoms with Gasteiger partial charge in [-0.25, -0.2) is 12.8 Å². The van der Waals surface area contributed by atoms with Gasteiger partial charge in [0.25, 0.3) is 0 Å². The highest BCUT2D eigenvalue weighted by molar-refractivity contribution is 7.89. The molecule has 3 aromatic rings. The van der Waals surface area contributed by atoms with Crippen LogP contribution in [0.4, 0.5) is 4.39 Å². The van der Waals surface area contributed by atoms with E-state index in [1.807, 2.05) is 0 Å². The first kappa shape index (κ1) is 22.4. The zero-order valence-electron chi connectivity index (χ0n) is 16.9. The third-order valence-electron chi connectivity index (χ3n) is 5.17. The first-order valence-electron chi connectivity index (χ1n) is 9.95. The molecular formula is C21H20ClFN4O4S. The van der Waals surface area contributed by atoms with Crippen LogP contribution >= 0.6 is 11.6 Å². The summed E-state index contributed by atoms with van der Waals surface area (Å²) in [6.07, 6.45) is 1.09. The van der Waals surface area contributed by atoms with Gasteiger partial charge in [-0.1, -0.05) is 28.9 Å². The van der Waals surface area contributed by atoms with Gasteiger partial charge < -0.3 is 9.84 Å². The number of aromatic nitrogens is 2. The van der Waals surface area contributed by atoms with Crippen LogP contribution < -0.4 is 5.32 Å². The van der Waals surface area contributed by atoms with E-state index >= 15 is 0 Å². The molecule has 1 atom stereocenters. The van der Waals surface area contributed by atoms with E-state index in [1.54, 1.807) is 24.3 Å². The zero-order chi connectivity index (χ0) is 22.7. The Kier molecular flexibility index (Phi) is 6.54. The zero-order valence-corrected chi connectivity index (χ0v) is 18.4. The molecule has 0 radical (unpaired) electrons. The lowest BCUT2D eigenvalue weighted by Gasteiger charge is -2.31. The number of benzene rings is 2. The first-order chi connectivity index (χ1) is 15.3. The van der Waals surface area contributed by atoms with Crippen LogP contribution in [0.1, 0.15) is 18.7 Å². The standard InChI is InChI=1S/C21H20ClFN4O4S/c22-16-5-1-3-14(11-16)20-25-19(31-26-20)12-24-21(28)15-4-2-10-27(13-15)32(29,30)18-8-6-17(23)7-9-18/h1,3,5-9,11,15H,2,4,10,12-13H2,(H,24,28)/t15-/m1/s1. The predicted molar refractivity (Wildman–Crippen MR) is 114 cm³/mol. The minimum atomic E-state index is -3.81. The van der Waals surface area contributed by atoms with Gasteiger partial charge in [0.1, 0.15) is 5.82 Å². The molecule has 1 amide bonds. The molecule has 0 spiro atoms. The van der Waals surface area contributed by atoms with E-state index in [0.717, 1.165) is 12.1 Å². The van der Waals surface area contributed by atoms with Gasteiger partial charge in [0.2, 0.25) is 27.6 Å². The van der Waals surface area contributed by atoms with E-state index in [-0.39, 0.29) is 29.8 Å². The fourth-order valence-corrected chi connectivity index (χ4v) is 5.22. The number of nitrogens with one attached hydrogen (secondary N) is 1. The fraction of sp³-hybridized carbons (Fsp3) is 0.286. The lowest BCUT2D eigenvalue weighted by atomic mass is 9.99. The molecule has 0 saturated carbocycles. The average Bonchev–Trinajstić information content (AvgIpc) is 3.27. The Morgan fingerprint density at radius 2 is 2.03 bits per heavy atom. The van der Waals surface area contributed by atoms with Gasteiger partial charge in [-0.3, -0.25) is 4.79 Å². The van der Waals surface area contributed by atoms with E-state index < -0.39 is 21.8 Å². The van der Waals surface area contributed by atoms with Gasteiger partial charge in [-0.2, -0.15) is 9.29 Å². The number of carbonyl (C=O) groups excluding carboxylic acids is 1. The highest BCUT2D eigenvalue weighted by Crippen LogP contribution is 2.24. The largest absolute Gasteiger partial charge is 0.347 e. The van der Waals surface area contributed by atoms with E-state index in [9.17, 15) is 17.6 Å². The van der Waals surface area contributed by atoms with Gasteiger partial charge in [0.05, 0.1) is 17.4 Å². The van der Waals surface area contributed by atoms with Crippen molar-refractivity contribution in [3.8, 4) is 11.4 Å². The summed E-state index contributed by atoms with van der Waals surface area (Å²) in [4.78, 5) is 16.9. The van der Waals surface area contributed by atoms with Crippen molar-refractivity contribution in [3.63, 3.8) is 0 Å². The topological polar surface area (TPSA) is 105 Å². The Morgan fingerprint density at radius 3 is 2.78 bits per heavy atom. The number of rotatable bonds is 6. The van der Waals surface area contributed by atoms with Crippen LogP contribution in [0.25, 0.3) is 11.4 Å². The van der Waals surface area contributed by atoms with E-state index in [0.29, 0.717) is 35.8 Å². The summed E-state index contributed by atoms with van der Waals surface area (Å²) in [5, 5.41) is 7.16. The van der Waals surface area contributed by atoms with Crippen LogP contribution in [0.3, 0.4) is 0 Å². The third kappa shape index (κ3) is 4.98. The van der Waals surface area contributed by atoms with Crippen LogP contribution in [-0.4, -0.2) is 41.9 Å². The molecule has 32 heavy (non-hydrogen) atoms. The predicted octanol–water partition coefficient (Wildman–Crippen LogP) is 3.25. The van der Waals surface area contributed by atoms with Gasteiger partial charge in [-0.15, -0.1) is 0 Å². The minimum absolute atomic E-state index is 0.000590. The van der Waals surface area contributed by atoms with E-state index in [1.165, 1.54) is 16.4 Å². The van der Waals surface area contributed by atoms with Crippen molar-refractivity contribution in [1.82, 2.24) is 19.8 Å². The van der Waals surface area contributed by atoms with E-state index in [2.05, 4.69) is 15.5 Å². The second kappa shape index (κ2) is 9.35. The molecule has 1 aliphatic rings. The number of nitrogens with zero attached hydrogens (tertiary/aromatic N) is 3. The lowest BCUT2D eigenvalue weighted by Crippen LogP contribution is -2.45. The molecule has 2 heterocycles. The molecule has 11 heteroatoms. The molecule has 0 aliphatic carbocycles. The van der Waals surface area contributed by atoms with Crippen LogP contribution in [0.15, 0.2) is 57.9 Å². The summed E-state index contributed by atoms with van der Waals surface area (Å²) in [7, 11) is -3.81. The molecule has 1 aromatic heterocycles.